The van der Waals surface area contributed by atoms with Gasteiger partial charge in [0.05, 0.1) is 18.1 Å². The van der Waals surface area contributed by atoms with Crippen LogP contribution in [-0.4, -0.2) is 63.1 Å². The highest BCUT2D eigenvalue weighted by Gasteiger charge is 2.33. The van der Waals surface area contributed by atoms with Crippen molar-refractivity contribution in [2.24, 2.45) is 5.92 Å². The van der Waals surface area contributed by atoms with Crippen molar-refractivity contribution in [3.8, 4) is 0 Å². The second-order valence-electron chi connectivity index (χ2n) is 13.3. The summed E-state index contributed by atoms with van der Waals surface area (Å²) in [7, 11) is 0. The Morgan fingerprint density at radius 1 is 0.736 bits per heavy atom. The zero-order valence-corrected chi connectivity index (χ0v) is 29.8. The van der Waals surface area contributed by atoms with E-state index < -0.39 is 48.0 Å². The molecule has 1 aromatic heterocycles. The van der Waals surface area contributed by atoms with Crippen LogP contribution in [0.4, 0.5) is 4.79 Å². The molecule has 0 fully saturated rings. The lowest BCUT2D eigenvalue weighted by Crippen LogP contribution is -2.58. The van der Waals surface area contributed by atoms with Crippen LogP contribution in [0.3, 0.4) is 0 Å². The predicted octanol–water partition coefficient (Wildman–Crippen LogP) is 4.34. The number of hydrogen-bond acceptors (Lipinski definition) is 7. The normalized spacial score (nSPS) is 13.4. The molecular formula is C41H46N6O6. The number of carbonyl (C=O) groups excluding carboxylic acids is 4. The molecule has 0 saturated heterocycles. The van der Waals surface area contributed by atoms with E-state index in [2.05, 4.69) is 31.2 Å². The van der Waals surface area contributed by atoms with E-state index in [0.717, 1.165) is 27.5 Å². The SMILES string of the molecule is CC(C)C[C@H](NC(=O)[C@H](Cc1c[nH]cn1)NC(=O)[C@H](Cc1cccc2ccccc12)NC(=O)OCc1ccccc1)[C@H](O)C(=O)NCc1ccccc1. The molecule has 276 valence electrons. The fourth-order valence-corrected chi connectivity index (χ4v) is 6.03. The third-order valence-corrected chi connectivity index (χ3v) is 8.74. The molecule has 0 aliphatic rings. The molecule has 4 aromatic carbocycles. The summed E-state index contributed by atoms with van der Waals surface area (Å²) in [6, 6.07) is 28.6. The highest BCUT2D eigenvalue weighted by Crippen LogP contribution is 2.20. The minimum absolute atomic E-state index is 0.00202. The van der Waals surface area contributed by atoms with Gasteiger partial charge in [0.15, 0.2) is 6.10 Å². The second-order valence-corrected chi connectivity index (χ2v) is 13.3. The van der Waals surface area contributed by atoms with E-state index in [9.17, 15) is 24.3 Å². The molecule has 6 N–H and O–H groups in total. The summed E-state index contributed by atoms with van der Waals surface area (Å²) in [5.74, 6) is -1.89. The molecular weight excluding hydrogens is 672 g/mol. The minimum Gasteiger partial charge on any atom is -0.445 e. The van der Waals surface area contributed by atoms with Gasteiger partial charge in [0.2, 0.25) is 11.8 Å². The summed E-state index contributed by atoms with van der Waals surface area (Å²) in [6.07, 6.45) is 1.08. The van der Waals surface area contributed by atoms with Gasteiger partial charge in [-0.05, 0) is 39.8 Å². The highest BCUT2D eigenvalue weighted by atomic mass is 16.5. The van der Waals surface area contributed by atoms with Crippen molar-refractivity contribution < 1.29 is 29.0 Å². The molecule has 4 amide bonds. The number of amides is 4. The molecule has 0 bridgehead atoms. The maximum Gasteiger partial charge on any atom is 0.408 e. The molecule has 0 spiro atoms. The number of H-pyrrole nitrogens is 1. The lowest BCUT2D eigenvalue weighted by molar-refractivity contribution is -0.134. The molecule has 5 aromatic rings. The Labute approximate surface area is 308 Å². The molecule has 0 aliphatic heterocycles. The number of rotatable bonds is 17. The van der Waals surface area contributed by atoms with E-state index in [1.54, 1.807) is 6.20 Å². The number of imidazole rings is 1. The summed E-state index contributed by atoms with van der Waals surface area (Å²) in [5, 5.41) is 24.1. The topological polar surface area (TPSA) is 175 Å². The van der Waals surface area contributed by atoms with Gasteiger partial charge in [-0.25, -0.2) is 9.78 Å². The number of ether oxygens (including phenoxy) is 1. The number of benzene rings is 4. The van der Waals surface area contributed by atoms with Crippen LogP contribution >= 0.6 is 0 Å². The molecule has 4 atom stereocenters. The molecule has 12 nitrogen and oxygen atoms in total. The van der Waals surface area contributed by atoms with Crippen LogP contribution in [0.1, 0.15) is 42.7 Å². The first-order valence-electron chi connectivity index (χ1n) is 17.7. The van der Waals surface area contributed by atoms with Crippen molar-refractivity contribution in [3.63, 3.8) is 0 Å². The Kier molecular flexibility index (Phi) is 13.7. The number of nitrogens with one attached hydrogen (secondary N) is 5. The van der Waals surface area contributed by atoms with Crippen molar-refractivity contribution in [2.75, 3.05) is 0 Å². The Morgan fingerprint density at radius 2 is 1.38 bits per heavy atom. The average Bonchev–Trinajstić information content (AvgIpc) is 3.69. The first-order chi connectivity index (χ1) is 25.7. The fourth-order valence-electron chi connectivity index (χ4n) is 6.03. The van der Waals surface area contributed by atoms with Gasteiger partial charge in [-0.1, -0.05) is 117 Å². The van der Waals surface area contributed by atoms with E-state index in [1.165, 1.54) is 6.33 Å². The Morgan fingerprint density at radius 3 is 2.08 bits per heavy atom. The Balaban J connectivity index is 1.35. The van der Waals surface area contributed by atoms with Crippen LogP contribution in [0, 0.1) is 5.92 Å². The fraction of sp³-hybridized carbons (Fsp3) is 0.293. The average molecular weight is 719 g/mol. The van der Waals surface area contributed by atoms with Crippen LogP contribution in [0.2, 0.25) is 0 Å². The molecule has 0 unspecified atom stereocenters. The van der Waals surface area contributed by atoms with E-state index in [0.29, 0.717) is 5.69 Å². The van der Waals surface area contributed by atoms with Crippen LogP contribution in [-0.2, 0) is 45.1 Å². The van der Waals surface area contributed by atoms with Gasteiger partial charge in [0.1, 0.15) is 18.7 Å². The quantitative estimate of drug-likeness (QED) is 0.0830. The summed E-state index contributed by atoms with van der Waals surface area (Å²) in [6.45, 7) is 4.03. The predicted molar refractivity (Wildman–Crippen MR) is 201 cm³/mol. The summed E-state index contributed by atoms with van der Waals surface area (Å²) < 4.78 is 5.47. The van der Waals surface area contributed by atoms with Gasteiger partial charge in [0.25, 0.3) is 5.91 Å². The zero-order valence-electron chi connectivity index (χ0n) is 29.8. The van der Waals surface area contributed by atoms with Crippen LogP contribution in [0.25, 0.3) is 10.8 Å². The number of aliphatic hydroxyl groups is 1. The summed E-state index contributed by atoms with van der Waals surface area (Å²) in [5.41, 5.74) is 2.93. The monoisotopic (exact) mass is 718 g/mol. The third kappa shape index (κ3) is 11.5. The minimum atomic E-state index is -1.56. The highest BCUT2D eigenvalue weighted by molar-refractivity contribution is 5.93. The third-order valence-electron chi connectivity index (χ3n) is 8.74. The number of hydrogen-bond donors (Lipinski definition) is 6. The van der Waals surface area contributed by atoms with Crippen LogP contribution in [0.15, 0.2) is 116 Å². The lowest BCUT2D eigenvalue weighted by Gasteiger charge is -2.28. The van der Waals surface area contributed by atoms with Gasteiger partial charge in [-0.3, -0.25) is 14.4 Å². The molecule has 0 aliphatic carbocycles. The first-order valence-corrected chi connectivity index (χ1v) is 17.7. The van der Waals surface area contributed by atoms with Gasteiger partial charge < -0.3 is 36.1 Å². The summed E-state index contributed by atoms with van der Waals surface area (Å²) in [4.78, 5) is 61.5. The number of aromatic amines is 1. The Bertz CT molecular complexity index is 1930. The van der Waals surface area contributed by atoms with Crippen molar-refractivity contribution >= 4 is 34.6 Å². The summed E-state index contributed by atoms with van der Waals surface area (Å²) >= 11 is 0. The maximum atomic E-state index is 14.2. The van der Waals surface area contributed by atoms with Gasteiger partial charge >= 0.3 is 6.09 Å². The number of carbonyl (C=O) groups is 4. The number of alkyl carbamates (subject to hydrolysis) is 1. The van der Waals surface area contributed by atoms with Gasteiger partial charge in [-0.15, -0.1) is 0 Å². The van der Waals surface area contributed by atoms with E-state index in [1.807, 2.05) is 117 Å². The second kappa shape index (κ2) is 19.0. The number of nitrogens with zero attached hydrogens (tertiary/aromatic N) is 1. The van der Waals surface area contributed by atoms with Gasteiger partial charge in [-0.2, -0.15) is 0 Å². The smallest absolute Gasteiger partial charge is 0.408 e. The zero-order chi connectivity index (χ0) is 37.6. The largest absolute Gasteiger partial charge is 0.445 e. The molecule has 12 heteroatoms. The molecule has 0 saturated carbocycles. The molecule has 1 heterocycles. The van der Waals surface area contributed by atoms with E-state index in [4.69, 9.17) is 4.74 Å². The molecule has 5 rings (SSSR count). The van der Waals surface area contributed by atoms with Crippen molar-refractivity contribution in [3.05, 3.63) is 138 Å². The van der Waals surface area contributed by atoms with E-state index in [-0.39, 0.29) is 38.3 Å². The molecule has 53 heavy (non-hydrogen) atoms. The number of fused-ring (bicyclic) bond motifs is 1. The molecule has 0 radical (unpaired) electrons. The van der Waals surface area contributed by atoms with Crippen molar-refractivity contribution in [1.29, 1.82) is 0 Å². The lowest BCUT2D eigenvalue weighted by atomic mass is 9.97. The first kappa shape index (κ1) is 38.2. The number of aromatic nitrogens is 2. The van der Waals surface area contributed by atoms with Crippen molar-refractivity contribution in [2.45, 2.75) is 70.5 Å². The van der Waals surface area contributed by atoms with Crippen molar-refractivity contribution in [1.82, 2.24) is 31.2 Å². The van der Waals surface area contributed by atoms with E-state index >= 15 is 0 Å². The number of aliphatic hydroxyl groups excluding tert-OH is 1. The Hall–Kier alpha value is -6.01. The standard InChI is InChI=1S/C41H46N6O6/c1-27(2)20-34(37(48)40(51)43-23-28-12-5-3-6-13-28)45-39(50)36(22-32-24-42-26-44-32)46-38(49)35(47-41(52)53-25-29-14-7-4-8-15-29)21-31-18-11-17-30-16-9-10-19-33(30)31/h3-19,24,26-27,34-37,48H,20-23,25H2,1-2H3,(H,42,44)(H,43,51)(H,45,50)(H,46,49)(H,47,52)/t34-,35-,36-,37-/m0/s1. The van der Waals surface area contributed by atoms with Gasteiger partial charge in [0, 0.05) is 25.6 Å². The van der Waals surface area contributed by atoms with Crippen LogP contribution in [0.5, 0.6) is 0 Å². The van der Waals surface area contributed by atoms with Crippen LogP contribution < -0.4 is 21.3 Å². The maximum absolute atomic E-state index is 14.2.